The molecule has 6 heteroatoms. The number of hydrogen-bond donors (Lipinski definition) is 0. The van der Waals surface area contributed by atoms with Gasteiger partial charge in [0.2, 0.25) is 0 Å². The third-order valence-corrected chi connectivity index (χ3v) is 37.0. The number of hydrogen-bond acceptors (Lipinski definition) is 2. The Hall–Kier alpha value is 1.43. The van der Waals surface area contributed by atoms with Crippen LogP contribution in [0.3, 0.4) is 0 Å². The van der Waals surface area contributed by atoms with Gasteiger partial charge in [-0.3, -0.25) is 0 Å². The second kappa shape index (κ2) is 22.2. The van der Waals surface area contributed by atoms with Crippen molar-refractivity contribution in [3.8, 4) is 9.75 Å². The molecule has 0 N–H and O–H groups in total. The average Bonchev–Trinajstić information content (AvgIpc) is 3.61. The van der Waals surface area contributed by atoms with E-state index in [1.165, 1.54) is 127 Å². The summed E-state index contributed by atoms with van der Waals surface area (Å²) in [6.07, 6.45) is 22.7. The third kappa shape index (κ3) is 14.5. The molecule has 2 heterocycles. The van der Waals surface area contributed by atoms with Crippen LogP contribution in [0.4, 0.5) is 0 Å². The first-order chi connectivity index (χ1) is 21.0. The van der Waals surface area contributed by atoms with Crippen molar-refractivity contribution in [1.29, 1.82) is 0 Å². The van der Waals surface area contributed by atoms with E-state index in [9.17, 15) is 0 Å². The summed E-state index contributed by atoms with van der Waals surface area (Å²) in [7, 11) is -1.07. The summed E-state index contributed by atoms with van der Waals surface area (Å²) < 4.78 is 3.71. The van der Waals surface area contributed by atoms with Gasteiger partial charge in [0.15, 0.2) is 0 Å². The molecule has 2 radical (unpaired) electrons. The molecule has 0 saturated heterocycles. The Morgan fingerprint density at radius 3 is 0.932 bits per heavy atom. The van der Waals surface area contributed by atoms with Crippen LogP contribution in [0.25, 0.3) is 9.75 Å². The first-order valence-corrected chi connectivity index (χ1v) is 44.4. The first kappa shape index (κ1) is 41.6. The fourth-order valence-electron chi connectivity index (χ4n) is 6.23. The fourth-order valence-corrected chi connectivity index (χ4v) is 27.2. The third-order valence-electron chi connectivity index (χ3n) is 9.24. The van der Waals surface area contributed by atoms with E-state index in [0.717, 1.165) is 0 Å². The van der Waals surface area contributed by atoms with E-state index in [4.69, 9.17) is 0 Å². The zero-order valence-electron chi connectivity index (χ0n) is 31.1. The van der Waals surface area contributed by atoms with Gasteiger partial charge in [0.1, 0.15) is 0 Å². The minimum atomic E-state index is -2.21. The molecule has 2 aromatic rings. The molecule has 0 aliphatic rings. The van der Waals surface area contributed by atoms with Crippen LogP contribution in [0.15, 0.2) is 12.1 Å². The van der Waals surface area contributed by atoms with Gasteiger partial charge in [0.05, 0.1) is 0 Å². The van der Waals surface area contributed by atoms with Crippen molar-refractivity contribution in [3.63, 3.8) is 0 Å². The second-order valence-electron chi connectivity index (χ2n) is 15.7. The molecule has 44 heavy (non-hydrogen) atoms. The van der Waals surface area contributed by atoms with Crippen LogP contribution in [-0.2, 0) is 0 Å². The maximum absolute atomic E-state index is 2.86. The molecule has 252 valence electrons. The Morgan fingerprint density at radius 2 is 0.705 bits per heavy atom. The Labute approximate surface area is 296 Å². The Bertz CT molecular complexity index is 925. The van der Waals surface area contributed by atoms with Crippen molar-refractivity contribution in [1.82, 2.24) is 0 Å². The zero-order chi connectivity index (χ0) is 32.6. The molecule has 2 rings (SSSR count). The van der Waals surface area contributed by atoms with E-state index >= 15 is 0 Å². The Balaban J connectivity index is 2.66. The summed E-state index contributed by atoms with van der Waals surface area (Å²) in [6.45, 7) is 9.48. The van der Waals surface area contributed by atoms with Crippen molar-refractivity contribution in [2.24, 2.45) is 0 Å². The molecule has 0 aliphatic carbocycles. The van der Waals surface area contributed by atoms with Crippen molar-refractivity contribution >= 4 is 93.2 Å². The normalized spacial score (nSPS) is 12.7. The monoisotopic (exact) mass is 888 g/mol. The van der Waals surface area contributed by atoms with Gasteiger partial charge in [-0.15, -0.1) is 0 Å². The topological polar surface area (TPSA) is 0 Å². The Morgan fingerprint density at radius 1 is 0.432 bits per heavy atom. The van der Waals surface area contributed by atoms with E-state index in [1.807, 2.05) is 25.9 Å². The molecule has 2 aromatic heterocycles. The van der Waals surface area contributed by atoms with Crippen LogP contribution in [-0.4, -0.2) is 54.3 Å². The van der Waals surface area contributed by atoms with Gasteiger partial charge in [0, 0.05) is 0 Å². The summed E-state index contributed by atoms with van der Waals surface area (Å²) in [5, 5.41) is 3.82. The van der Waals surface area contributed by atoms with Crippen LogP contribution >= 0.6 is 22.7 Å². The van der Waals surface area contributed by atoms with E-state index in [2.05, 4.69) is 92.1 Å². The minimum absolute atomic E-state index is 0.535. The molecule has 0 bridgehead atoms. The van der Waals surface area contributed by atoms with E-state index in [1.54, 1.807) is 0 Å². The molecule has 0 amide bonds. The van der Waals surface area contributed by atoms with Gasteiger partial charge < -0.3 is 0 Å². The fraction of sp³-hybridized carbons (Fsp3) is 0.789. The summed E-state index contributed by atoms with van der Waals surface area (Å²) in [5.41, 5.74) is 0. The van der Waals surface area contributed by atoms with Crippen LogP contribution in [0.1, 0.15) is 130 Å². The molecule has 0 saturated carbocycles. The van der Waals surface area contributed by atoms with Gasteiger partial charge >= 0.3 is 299 Å². The van der Waals surface area contributed by atoms with Crippen LogP contribution in [0.2, 0.25) is 53.8 Å². The zero-order valence-corrected chi connectivity index (χ0v) is 40.5. The molecular formula is C38H72S2Si2Sn2. The summed E-state index contributed by atoms with van der Waals surface area (Å²) in [6, 6.07) is 11.8. The van der Waals surface area contributed by atoms with Gasteiger partial charge in [0.25, 0.3) is 0 Å². The molecule has 0 nitrogen and oxygen atoms in total. The molecule has 0 fully saturated rings. The first-order valence-electron chi connectivity index (χ1n) is 19.0. The molecule has 0 spiro atoms. The number of unbranched alkanes of at least 4 members (excludes halogenated alkanes) is 12. The molecule has 0 aliphatic heterocycles. The molecule has 0 unspecified atom stereocenters. The standard InChI is InChI=1S/C32H54S2Si2.6CH3.2Sn/c1-5-9-13-17-25-35(26-18-14-10-6-2)29-21-23-33-31(29)32-30(22-24-34-32)36(27-19-15-11-7-3)28-20-16-12-8-4;;;;;;;;/h21-22H,5-20,25-28H2,1-4H3;6*1H3;;. The van der Waals surface area contributed by atoms with Crippen LogP contribution in [0, 0.1) is 0 Å². The predicted octanol–water partition coefficient (Wildman–Crippen LogP) is 12.3. The summed E-state index contributed by atoms with van der Waals surface area (Å²) >= 11 is 0.227. The van der Waals surface area contributed by atoms with Crippen molar-refractivity contribution in [2.45, 2.75) is 184 Å². The van der Waals surface area contributed by atoms with E-state index < -0.39 is 54.3 Å². The summed E-state index contributed by atoms with van der Waals surface area (Å²) in [5.74, 6) is 0. The SMILES string of the molecule is CCCCCC[Si](CCCCCC)c1c[c]([Sn]([CH3])([CH3])[CH3])sc1-c1s[c]([Sn]([CH3])([CH3])[CH3])cc1[Si](CCCCCC)CCCCCC. The number of rotatable bonds is 25. The van der Waals surface area contributed by atoms with Crippen molar-refractivity contribution in [2.75, 3.05) is 0 Å². The van der Waals surface area contributed by atoms with E-state index in [-0.39, 0.29) is 0 Å². The quantitative estimate of drug-likeness (QED) is 0.0688. The average molecular weight is 887 g/mol. The number of thiophene rings is 2. The maximum atomic E-state index is 2.86. The van der Waals surface area contributed by atoms with E-state index in [0.29, 0.717) is 0 Å². The van der Waals surface area contributed by atoms with Gasteiger partial charge in [-0.2, -0.15) is 0 Å². The second-order valence-corrected chi connectivity index (χ2v) is 54.1. The van der Waals surface area contributed by atoms with Crippen LogP contribution < -0.4 is 16.2 Å². The van der Waals surface area contributed by atoms with Gasteiger partial charge in [-0.05, 0) is 0 Å². The van der Waals surface area contributed by atoms with Crippen molar-refractivity contribution < 1.29 is 0 Å². The van der Waals surface area contributed by atoms with Gasteiger partial charge in [-0.1, -0.05) is 0 Å². The van der Waals surface area contributed by atoms with Crippen LogP contribution in [0.5, 0.6) is 0 Å². The van der Waals surface area contributed by atoms with Gasteiger partial charge in [-0.25, -0.2) is 0 Å². The summed E-state index contributed by atoms with van der Waals surface area (Å²) in [4.78, 5) is 19.7. The molecule has 0 atom stereocenters. The Kier molecular flexibility index (Phi) is 21.0. The molecular weight excluding hydrogens is 814 g/mol. The van der Waals surface area contributed by atoms with Crippen molar-refractivity contribution in [3.05, 3.63) is 12.1 Å². The molecule has 0 aromatic carbocycles. The predicted molar refractivity (Wildman–Crippen MR) is 220 cm³/mol.